The molecule has 0 spiro atoms. The van der Waals surface area contributed by atoms with Gasteiger partial charge in [-0.1, -0.05) is 91.4 Å². The Morgan fingerprint density at radius 3 is 2.13 bits per heavy atom. The smallest absolute Gasteiger partial charge is 0.252 e. The van der Waals surface area contributed by atoms with E-state index in [1.54, 1.807) is 5.57 Å². The highest BCUT2D eigenvalue weighted by molar-refractivity contribution is 6.96. The zero-order valence-corrected chi connectivity index (χ0v) is 25.8. The molecule has 5 aromatic rings. The molecular weight excluding hydrogens is 557 g/mol. The number of benzene rings is 5. The van der Waals surface area contributed by atoms with Crippen LogP contribution in [0, 0.1) is 5.92 Å². The molecule has 0 saturated heterocycles. The molecule has 4 heteroatoms. The first kappa shape index (κ1) is 26.0. The topological polar surface area (TPSA) is 9.72 Å². The molecule has 0 amide bonds. The summed E-state index contributed by atoms with van der Waals surface area (Å²) in [5, 5.41) is 0. The number of rotatable bonds is 4. The highest BCUT2D eigenvalue weighted by Gasteiger charge is 2.52. The maximum atomic E-state index is 2.77. The van der Waals surface area contributed by atoms with Crippen LogP contribution in [-0.2, 0) is 0 Å². The van der Waals surface area contributed by atoms with Gasteiger partial charge >= 0.3 is 0 Å². The molecule has 0 bridgehead atoms. The lowest BCUT2D eigenvalue weighted by Crippen LogP contribution is -2.58. The molecule has 0 aromatic heterocycles. The van der Waals surface area contributed by atoms with E-state index >= 15 is 0 Å². The Labute approximate surface area is 271 Å². The second kappa shape index (κ2) is 10.2. The van der Waals surface area contributed by atoms with E-state index in [1.165, 1.54) is 64.1 Å². The summed E-state index contributed by atoms with van der Waals surface area (Å²) in [6.45, 7) is 0.180. The SMILES string of the molecule is C1=CCC2=C3C(=C1)B1c4ccc(N(c5ccccc5)c5ccccc5)cc4N(c4ccccc4)c4cccc(c41)N3C1CCCC21. The maximum Gasteiger partial charge on any atom is 0.252 e. The number of para-hydroxylation sites is 3. The molecule has 5 aliphatic rings. The molecule has 0 N–H and O–H groups in total. The molecule has 3 nitrogen and oxygen atoms in total. The molecule has 220 valence electrons. The third-order valence-electron chi connectivity index (χ3n) is 10.9. The molecule has 3 aliphatic heterocycles. The number of anilines is 7. The van der Waals surface area contributed by atoms with Gasteiger partial charge in [0.1, 0.15) is 0 Å². The maximum absolute atomic E-state index is 2.77. The first-order chi connectivity index (χ1) is 22.9. The summed E-state index contributed by atoms with van der Waals surface area (Å²) in [5.41, 5.74) is 16.1. The van der Waals surface area contributed by atoms with Gasteiger partial charge in [-0.25, -0.2) is 0 Å². The lowest BCUT2D eigenvalue weighted by atomic mass is 9.32. The zero-order chi connectivity index (χ0) is 30.2. The van der Waals surface area contributed by atoms with E-state index in [-0.39, 0.29) is 6.71 Å². The van der Waals surface area contributed by atoms with Gasteiger partial charge in [0.2, 0.25) is 0 Å². The predicted molar refractivity (Wildman–Crippen MR) is 193 cm³/mol. The minimum Gasteiger partial charge on any atom is -0.339 e. The Balaban J connectivity index is 1.25. The van der Waals surface area contributed by atoms with Crippen LogP contribution >= 0.6 is 0 Å². The van der Waals surface area contributed by atoms with E-state index in [2.05, 4.69) is 160 Å². The zero-order valence-electron chi connectivity index (χ0n) is 25.8. The Morgan fingerprint density at radius 2 is 1.37 bits per heavy atom. The van der Waals surface area contributed by atoms with E-state index in [9.17, 15) is 0 Å². The van der Waals surface area contributed by atoms with Crippen LogP contribution < -0.4 is 25.6 Å². The van der Waals surface area contributed by atoms with Crippen molar-refractivity contribution in [2.45, 2.75) is 31.7 Å². The van der Waals surface area contributed by atoms with Crippen molar-refractivity contribution >= 4 is 57.5 Å². The Kier molecular flexibility index (Phi) is 5.75. The molecular formula is C42H34BN3. The molecule has 0 radical (unpaired) electrons. The number of nitrogens with zero attached hydrogens (tertiary/aromatic N) is 3. The number of allylic oxidation sites excluding steroid dienone is 4. The van der Waals surface area contributed by atoms with Crippen LogP contribution in [0.5, 0.6) is 0 Å². The number of fused-ring (bicyclic) bond motifs is 7. The fourth-order valence-corrected chi connectivity index (χ4v) is 9.12. The average molecular weight is 592 g/mol. The van der Waals surface area contributed by atoms with Crippen molar-refractivity contribution < 1.29 is 0 Å². The van der Waals surface area contributed by atoms with Crippen LogP contribution in [0.25, 0.3) is 0 Å². The summed E-state index contributed by atoms with van der Waals surface area (Å²) < 4.78 is 0. The first-order valence-corrected chi connectivity index (χ1v) is 16.8. The summed E-state index contributed by atoms with van der Waals surface area (Å²) in [4.78, 5) is 7.67. The van der Waals surface area contributed by atoms with Crippen molar-refractivity contribution in [2.75, 3.05) is 14.7 Å². The Bertz CT molecular complexity index is 2040. The van der Waals surface area contributed by atoms with E-state index < -0.39 is 0 Å². The van der Waals surface area contributed by atoms with Crippen LogP contribution in [0.3, 0.4) is 0 Å². The van der Waals surface area contributed by atoms with Gasteiger partial charge in [0.05, 0.1) is 0 Å². The molecule has 2 atom stereocenters. The minimum absolute atomic E-state index is 0.180. The standard InChI is InChI=1S/C42H34BN3/c1-4-14-29(15-5-1)44(30-16-6-2-7-17-30)32-26-27-35-40(28-32)45(31-18-8-3-9-19-31)38-24-13-25-39-41(38)43(35)36-22-11-10-20-34-33-21-12-23-37(33)46(39)42(34)36/h1-11,13-19,22,24-28,33,37H,12,20-21,23H2. The minimum atomic E-state index is 0.180. The first-order valence-electron chi connectivity index (χ1n) is 16.8. The summed E-state index contributed by atoms with van der Waals surface area (Å²) in [7, 11) is 0. The molecule has 3 heterocycles. The number of hydrogen-bond donors (Lipinski definition) is 0. The van der Waals surface area contributed by atoms with Gasteiger partial charge in [-0.15, -0.1) is 0 Å². The molecule has 2 unspecified atom stereocenters. The monoisotopic (exact) mass is 591 g/mol. The van der Waals surface area contributed by atoms with E-state index in [4.69, 9.17) is 0 Å². The lowest BCUT2D eigenvalue weighted by Gasteiger charge is -2.46. The Hall–Kier alpha value is -5.22. The largest absolute Gasteiger partial charge is 0.339 e. The molecule has 1 saturated carbocycles. The lowest BCUT2D eigenvalue weighted by molar-refractivity contribution is 0.572. The van der Waals surface area contributed by atoms with Gasteiger partial charge in [0.25, 0.3) is 6.71 Å². The molecule has 5 aromatic carbocycles. The summed E-state index contributed by atoms with van der Waals surface area (Å²) in [6.07, 6.45) is 12.2. The number of hydrogen-bond acceptors (Lipinski definition) is 3. The molecule has 10 rings (SSSR count). The van der Waals surface area contributed by atoms with Crippen LogP contribution in [0.15, 0.2) is 162 Å². The van der Waals surface area contributed by atoms with Gasteiger partial charge in [0, 0.05) is 57.5 Å². The predicted octanol–water partition coefficient (Wildman–Crippen LogP) is 9.23. The van der Waals surface area contributed by atoms with E-state index in [0.717, 1.165) is 23.5 Å². The van der Waals surface area contributed by atoms with Crippen LogP contribution in [0.4, 0.5) is 39.8 Å². The average Bonchev–Trinajstić information content (AvgIpc) is 3.63. The highest BCUT2D eigenvalue weighted by atomic mass is 15.2. The second-order valence-electron chi connectivity index (χ2n) is 13.2. The summed E-state index contributed by atoms with van der Waals surface area (Å²) in [5.74, 6) is 0.662. The summed E-state index contributed by atoms with van der Waals surface area (Å²) in [6, 6.07) is 47.3. The van der Waals surface area contributed by atoms with Crippen LogP contribution in [0.2, 0.25) is 0 Å². The van der Waals surface area contributed by atoms with Crippen molar-refractivity contribution in [1.82, 2.24) is 0 Å². The van der Waals surface area contributed by atoms with Crippen molar-refractivity contribution in [3.05, 3.63) is 162 Å². The van der Waals surface area contributed by atoms with Gasteiger partial charge in [-0.3, -0.25) is 0 Å². The van der Waals surface area contributed by atoms with E-state index in [0.29, 0.717) is 12.0 Å². The van der Waals surface area contributed by atoms with Gasteiger partial charge in [-0.2, -0.15) is 0 Å². The van der Waals surface area contributed by atoms with Gasteiger partial charge in [0.15, 0.2) is 0 Å². The van der Waals surface area contributed by atoms with Crippen LogP contribution in [-0.4, -0.2) is 12.8 Å². The fraction of sp³-hybridized carbons (Fsp3) is 0.143. The molecule has 2 aliphatic carbocycles. The highest BCUT2D eigenvalue weighted by Crippen LogP contribution is 2.54. The molecule has 46 heavy (non-hydrogen) atoms. The third-order valence-corrected chi connectivity index (χ3v) is 10.9. The van der Waals surface area contributed by atoms with Gasteiger partial charge in [-0.05, 0) is 102 Å². The van der Waals surface area contributed by atoms with Crippen molar-refractivity contribution in [1.29, 1.82) is 0 Å². The second-order valence-corrected chi connectivity index (χ2v) is 13.2. The molecule has 1 fully saturated rings. The summed E-state index contributed by atoms with van der Waals surface area (Å²) >= 11 is 0. The quantitative estimate of drug-likeness (QED) is 0.193. The van der Waals surface area contributed by atoms with Crippen molar-refractivity contribution in [3.8, 4) is 0 Å². The van der Waals surface area contributed by atoms with Gasteiger partial charge < -0.3 is 14.7 Å². The van der Waals surface area contributed by atoms with E-state index in [1.807, 2.05) is 0 Å². The van der Waals surface area contributed by atoms with Crippen LogP contribution in [0.1, 0.15) is 25.7 Å². The normalized spacial score (nSPS) is 20.1. The Morgan fingerprint density at radius 1 is 0.652 bits per heavy atom. The fourth-order valence-electron chi connectivity index (χ4n) is 9.12. The van der Waals surface area contributed by atoms with Crippen molar-refractivity contribution in [3.63, 3.8) is 0 Å². The van der Waals surface area contributed by atoms with Crippen molar-refractivity contribution in [2.24, 2.45) is 5.92 Å². The third kappa shape index (κ3) is 3.67.